The largest absolute Gasteiger partial charge is 0.456 e. The van der Waals surface area contributed by atoms with Crippen LogP contribution in [0.15, 0.2) is 423 Å². The lowest BCUT2D eigenvalue weighted by molar-refractivity contribution is 0.669. The van der Waals surface area contributed by atoms with Gasteiger partial charge in [0.25, 0.3) is 6.71 Å². The number of aromatic nitrogens is 2. The normalized spacial score (nSPS) is 12.6. The molecule has 19 aromatic carbocycles. The van der Waals surface area contributed by atoms with Crippen LogP contribution in [0.5, 0.6) is 0 Å². The highest BCUT2D eigenvalue weighted by atomic mass is 16.3. The molecule has 0 saturated carbocycles. The second-order valence-corrected chi connectivity index (χ2v) is 32.5. The van der Waals surface area contributed by atoms with E-state index in [0.29, 0.717) is 0 Å². The molecule has 24 aromatic rings. The van der Waals surface area contributed by atoms with E-state index in [1.807, 2.05) is 0 Å². The number of rotatable bonds is 11. The summed E-state index contributed by atoms with van der Waals surface area (Å²) in [5, 5.41) is 12.2. The summed E-state index contributed by atoms with van der Waals surface area (Å²) in [6, 6.07) is 158. The van der Waals surface area contributed by atoms with Gasteiger partial charge in [0.05, 0.1) is 44.5 Å². The molecule has 5 aromatic heterocycles. The monoisotopic (exact) mass is 1520 g/mol. The Morgan fingerprint density at radius 3 is 0.917 bits per heavy atom. The van der Waals surface area contributed by atoms with Crippen LogP contribution in [0, 0.1) is 0 Å². The lowest BCUT2D eigenvalue weighted by Gasteiger charge is -2.46. The van der Waals surface area contributed by atoms with E-state index in [9.17, 15) is 0 Å². The Kier molecular flexibility index (Phi) is 14.3. The Labute approximate surface area is 692 Å². The predicted molar refractivity (Wildman–Crippen MR) is 506 cm³/mol. The lowest BCUT2D eigenvalue weighted by Crippen LogP contribution is -2.61. The molecule has 554 valence electrons. The highest BCUT2D eigenvalue weighted by molar-refractivity contribution is 7.00. The Morgan fingerprint density at radius 1 is 0.183 bits per heavy atom. The smallest absolute Gasteiger partial charge is 0.252 e. The van der Waals surface area contributed by atoms with Crippen LogP contribution in [-0.2, 0) is 0 Å². The van der Waals surface area contributed by atoms with Crippen molar-refractivity contribution >= 4 is 155 Å². The summed E-state index contributed by atoms with van der Waals surface area (Å²) < 4.78 is 11.7. The summed E-state index contributed by atoms with van der Waals surface area (Å²) in [4.78, 5) is 5.43. The van der Waals surface area contributed by atoms with Gasteiger partial charge >= 0.3 is 0 Å². The van der Waals surface area contributed by atoms with Crippen LogP contribution in [0.4, 0.5) is 34.1 Å². The molecule has 2 aliphatic heterocycles. The van der Waals surface area contributed by atoms with Crippen molar-refractivity contribution in [3.05, 3.63) is 419 Å². The van der Waals surface area contributed by atoms with Crippen molar-refractivity contribution in [1.82, 2.24) is 8.80 Å². The van der Waals surface area contributed by atoms with Crippen molar-refractivity contribution in [3.8, 4) is 100 Å². The summed E-state index contributed by atoms with van der Waals surface area (Å²) in [6.07, 6.45) is 0. The van der Waals surface area contributed by atoms with E-state index in [0.717, 1.165) is 156 Å². The first kappa shape index (κ1) is 66.5. The molecule has 0 spiro atoms. The minimum atomic E-state index is -0.313. The zero-order valence-electron chi connectivity index (χ0n) is 65.1. The molecular weight excluding hydrogens is 1450 g/mol. The first-order chi connectivity index (χ1) is 59.5. The van der Waals surface area contributed by atoms with Crippen molar-refractivity contribution in [3.63, 3.8) is 0 Å². The van der Waals surface area contributed by atoms with Gasteiger partial charge in [-0.2, -0.15) is 0 Å². The topological polar surface area (TPSA) is 28.4 Å². The third kappa shape index (κ3) is 9.85. The highest BCUT2D eigenvalue weighted by Gasteiger charge is 2.46. The molecule has 0 saturated heterocycles. The molecule has 0 N–H and O–H groups in total. The van der Waals surface area contributed by atoms with E-state index >= 15 is 0 Å². The highest BCUT2D eigenvalue weighted by Crippen LogP contribution is 2.57. The summed E-state index contributed by atoms with van der Waals surface area (Å²) in [6.45, 7) is -0.313. The predicted octanol–water partition coefficient (Wildman–Crippen LogP) is 29.0. The maximum Gasteiger partial charge on any atom is 0.252 e. The van der Waals surface area contributed by atoms with E-state index in [1.165, 1.54) is 92.6 Å². The molecular formula is C114H69BN4O. The van der Waals surface area contributed by atoms with Crippen LogP contribution in [0.1, 0.15) is 0 Å². The fourth-order valence-corrected chi connectivity index (χ4v) is 20.8. The van der Waals surface area contributed by atoms with E-state index in [2.05, 4.69) is 437 Å². The van der Waals surface area contributed by atoms with Gasteiger partial charge in [0.2, 0.25) is 0 Å². The molecule has 26 rings (SSSR count). The number of hydrogen-bond donors (Lipinski definition) is 0. The number of para-hydroxylation sites is 5. The van der Waals surface area contributed by atoms with Gasteiger partial charge < -0.3 is 23.0 Å². The van der Waals surface area contributed by atoms with Gasteiger partial charge in [-0.1, -0.05) is 315 Å². The van der Waals surface area contributed by atoms with Gasteiger partial charge in [-0.25, -0.2) is 0 Å². The zero-order chi connectivity index (χ0) is 78.4. The number of hydrogen-bond acceptors (Lipinski definition) is 3. The summed E-state index contributed by atoms with van der Waals surface area (Å²) in [5.74, 6) is 0. The average molecular weight is 1520 g/mol. The van der Waals surface area contributed by atoms with E-state index in [4.69, 9.17) is 4.42 Å². The molecule has 120 heavy (non-hydrogen) atoms. The number of furan rings is 1. The molecule has 5 nitrogen and oxygen atoms in total. The third-order valence-corrected chi connectivity index (χ3v) is 26.1. The average Bonchev–Trinajstić information content (AvgIpc) is 0.981. The molecule has 0 fully saturated rings. The Balaban J connectivity index is 0.819. The van der Waals surface area contributed by atoms with E-state index < -0.39 is 0 Å². The Hall–Kier alpha value is -15.8. The summed E-state index contributed by atoms with van der Waals surface area (Å²) >= 11 is 0. The van der Waals surface area contributed by atoms with Gasteiger partial charge in [0, 0.05) is 98.9 Å². The quantitative estimate of drug-likeness (QED) is 0.121. The SMILES string of the molecule is c1ccc(-c2cc(-c3ccccc3)c(N3c4cc(-c5ccc6c(c5)c5cccc7c8ccccc8n6c75)ccc4B4c5ccc(-c6ccc7c(c6)c6cccc8c9ccccc9n7c86)cc5N(c5c(-c6ccccc6)cc(-c6ccccc6)cc5-c5ccccc5)c5cc(-c6ccc7oc8ccccc8c7c6)cc3c54)c(-c3ccccc3)c2)cc1. The first-order valence-corrected chi connectivity index (χ1v) is 41.5. The molecule has 0 atom stereocenters. The van der Waals surface area contributed by atoms with Crippen molar-refractivity contribution in [2.45, 2.75) is 0 Å². The maximum absolute atomic E-state index is 6.75. The fourth-order valence-electron chi connectivity index (χ4n) is 20.8. The van der Waals surface area contributed by atoms with Gasteiger partial charge in [0.1, 0.15) is 11.2 Å². The number of nitrogens with zero attached hydrogens (tertiary/aromatic N) is 4. The van der Waals surface area contributed by atoms with Crippen LogP contribution in [0.3, 0.4) is 0 Å². The van der Waals surface area contributed by atoms with Crippen molar-refractivity contribution in [2.24, 2.45) is 0 Å². The molecule has 7 heterocycles. The molecule has 0 radical (unpaired) electrons. The van der Waals surface area contributed by atoms with Crippen LogP contribution in [0.2, 0.25) is 0 Å². The number of fused-ring (bicyclic) bond motifs is 19. The lowest BCUT2D eigenvalue weighted by atomic mass is 9.33. The van der Waals surface area contributed by atoms with Gasteiger partial charge in [-0.3, -0.25) is 0 Å². The Bertz CT molecular complexity index is 7790. The second-order valence-electron chi connectivity index (χ2n) is 32.5. The van der Waals surface area contributed by atoms with Crippen molar-refractivity contribution in [1.29, 1.82) is 0 Å². The molecule has 0 amide bonds. The minimum absolute atomic E-state index is 0.313. The van der Waals surface area contributed by atoms with E-state index in [-0.39, 0.29) is 6.71 Å². The zero-order valence-corrected chi connectivity index (χ0v) is 65.1. The second kappa shape index (κ2) is 25.9. The van der Waals surface area contributed by atoms with Crippen molar-refractivity contribution in [2.75, 3.05) is 9.80 Å². The standard InChI is InChI=1S/C114H69BN4O/c1-7-27-70(28-8-1)81-62-91(72-31-11-3-12-32-72)113(92(63-81)73-33-13-4-14-34-73)118-104-66-79(76-51-56-102-95(59-76)89-44-25-42-87-84-39-19-22-46-100(84)116(102)111(87)89)49-54-98(104)115-99-55-50-80(77-52-57-103-96(60-77)90-45-26-43-88-85-40-20-23-47-101(85)117(103)112(88)90)67-105(99)119(107-69-83(68-106(118)110(107)115)78-53-58-109-97(61-78)86-41-21-24-48-108(86)120-109)114-93(74-35-15-5-16-36-74)64-82(71-29-9-2-10-30-71)65-94(114)75-37-17-6-18-38-75/h1-69H. The molecule has 2 aliphatic rings. The minimum Gasteiger partial charge on any atom is -0.456 e. The van der Waals surface area contributed by atoms with Crippen LogP contribution >= 0.6 is 0 Å². The molecule has 0 bridgehead atoms. The molecule has 0 aliphatic carbocycles. The first-order valence-electron chi connectivity index (χ1n) is 41.5. The number of benzene rings is 19. The number of anilines is 6. The maximum atomic E-state index is 6.75. The fraction of sp³-hybridized carbons (Fsp3) is 0. The van der Waals surface area contributed by atoms with Crippen LogP contribution in [0.25, 0.3) is 198 Å². The van der Waals surface area contributed by atoms with Crippen LogP contribution < -0.4 is 26.2 Å². The summed E-state index contributed by atoms with van der Waals surface area (Å²) in [7, 11) is 0. The van der Waals surface area contributed by atoms with Gasteiger partial charge in [0.15, 0.2) is 0 Å². The Morgan fingerprint density at radius 2 is 0.483 bits per heavy atom. The molecule has 0 unspecified atom stereocenters. The van der Waals surface area contributed by atoms with E-state index in [1.54, 1.807) is 0 Å². The van der Waals surface area contributed by atoms with Crippen molar-refractivity contribution < 1.29 is 4.42 Å². The van der Waals surface area contributed by atoms with Gasteiger partial charge in [-0.15, -0.1) is 0 Å². The summed E-state index contributed by atoms with van der Waals surface area (Å²) in [5.41, 5.74) is 39.2. The third-order valence-electron chi connectivity index (χ3n) is 26.1. The molecule has 6 heteroatoms. The van der Waals surface area contributed by atoms with Crippen LogP contribution in [-0.4, -0.2) is 15.5 Å². The van der Waals surface area contributed by atoms with Gasteiger partial charge in [-0.05, 0) is 197 Å².